The van der Waals surface area contributed by atoms with Gasteiger partial charge in [0.05, 0.1) is 5.92 Å². The molecule has 0 saturated carbocycles. The summed E-state index contributed by atoms with van der Waals surface area (Å²) in [6, 6.07) is 15.1. The highest BCUT2D eigenvalue weighted by molar-refractivity contribution is 6.30. The van der Waals surface area contributed by atoms with Gasteiger partial charge >= 0.3 is 0 Å². The van der Waals surface area contributed by atoms with Crippen LogP contribution >= 0.6 is 11.6 Å². The molecule has 2 aromatic carbocycles. The number of halogens is 1. The Morgan fingerprint density at radius 2 is 2.00 bits per heavy atom. The first kappa shape index (κ1) is 16.5. The van der Waals surface area contributed by atoms with E-state index in [1.54, 1.807) is 17.0 Å². The molecule has 1 heterocycles. The molecule has 1 saturated heterocycles. The zero-order valence-corrected chi connectivity index (χ0v) is 14.2. The second-order valence-corrected chi connectivity index (χ2v) is 6.53. The van der Waals surface area contributed by atoms with Crippen LogP contribution in [0.5, 0.6) is 0 Å². The van der Waals surface area contributed by atoms with Crippen molar-refractivity contribution in [2.24, 2.45) is 5.92 Å². The highest BCUT2D eigenvalue weighted by atomic mass is 35.5. The van der Waals surface area contributed by atoms with Crippen LogP contribution in [0.4, 0.5) is 5.69 Å². The molecule has 3 rings (SSSR count). The van der Waals surface area contributed by atoms with E-state index >= 15 is 0 Å². The number of aryl methyl sites for hydroxylation is 1. The first-order valence-electron chi connectivity index (χ1n) is 7.92. The van der Waals surface area contributed by atoms with Gasteiger partial charge in [0.2, 0.25) is 11.8 Å². The van der Waals surface area contributed by atoms with E-state index in [9.17, 15) is 9.59 Å². The second kappa shape index (κ2) is 7.05. The molecule has 1 aliphatic rings. The first-order chi connectivity index (χ1) is 11.5. The van der Waals surface area contributed by atoms with Crippen molar-refractivity contribution in [3.63, 3.8) is 0 Å². The van der Waals surface area contributed by atoms with E-state index in [1.165, 1.54) is 0 Å². The van der Waals surface area contributed by atoms with Crippen LogP contribution in [-0.4, -0.2) is 18.4 Å². The smallest absolute Gasteiger partial charge is 0.227 e. The quantitative estimate of drug-likeness (QED) is 0.926. The zero-order chi connectivity index (χ0) is 17.1. The van der Waals surface area contributed by atoms with Crippen molar-refractivity contribution in [3.8, 4) is 0 Å². The van der Waals surface area contributed by atoms with E-state index in [0.717, 1.165) is 16.8 Å². The lowest BCUT2D eigenvalue weighted by atomic mass is 10.1. The van der Waals surface area contributed by atoms with E-state index in [-0.39, 0.29) is 24.2 Å². The molecule has 5 heteroatoms. The Morgan fingerprint density at radius 3 is 2.71 bits per heavy atom. The van der Waals surface area contributed by atoms with Gasteiger partial charge in [0.1, 0.15) is 0 Å². The zero-order valence-electron chi connectivity index (χ0n) is 13.5. The fourth-order valence-corrected chi connectivity index (χ4v) is 2.99. The molecule has 0 bridgehead atoms. The first-order valence-corrected chi connectivity index (χ1v) is 8.30. The number of nitrogens with one attached hydrogen (secondary N) is 1. The topological polar surface area (TPSA) is 49.4 Å². The molecule has 1 aliphatic heterocycles. The van der Waals surface area contributed by atoms with E-state index in [0.29, 0.717) is 18.1 Å². The maximum atomic E-state index is 12.4. The average molecular weight is 343 g/mol. The predicted octanol–water partition coefficient (Wildman–Crippen LogP) is 3.32. The van der Waals surface area contributed by atoms with Crippen LogP contribution in [0.15, 0.2) is 48.5 Å². The molecule has 1 atom stereocenters. The normalized spacial score (nSPS) is 17.2. The molecule has 0 radical (unpaired) electrons. The summed E-state index contributed by atoms with van der Waals surface area (Å²) in [6.07, 6.45) is 0.250. The van der Waals surface area contributed by atoms with Gasteiger partial charge in [0.15, 0.2) is 0 Å². The lowest BCUT2D eigenvalue weighted by molar-refractivity contribution is -0.126. The molecular formula is C19H19ClN2O2. The van der Waals surface area contributed by atoms with E-state index < -0.39 is 0 Å². The Balaban J connectivity index is 1.60. The lowest BCUT2D eigenvalue weighted by Crippen LogP contribution is -2.32. The fraction of sp³-hybridized carbons (Fsp3) is 0.263. The van der Waals surface area contributed by atoms with Gasteiger partial charge in [-0.15, -0.1) is 0 Å². The number of carbonyl (C=O) groups is 2. The average Bonchev–Trinajstić information content (AvgIpc) is 2.96. The Morgan fingerprint density at radius 1 is 1.25 bits per heavy atom. The standard InChI is InChI=1S/C19H19ClN2O2/c1-13-3-2-4-17(9-13)22-12-15(10-18(22)23)19(24)21-11-14-5-7-16(20)8-6-14/h2-9,15H,10-12H2,1H3,(H,21,24)/t15-/m1/s1. The summed E-state index contributed by atoms with van der Waals surface area (Å²) in [5.41, 5.74) is 2.93. The highest BCUT2D eigenvalue weighted by Gasteiger charge is 2.34. The van der Waals surface area contributed by atoms with Gasteiger partial charge in [-0.25, -0.2) is 0 Å². The summed E-state index contributed by atoms with van der Waals surface area (Å²) in [7, 11) is 0. The molecule has 0 unspecified atom stereocenters. The summed E-state index contributed by atoms with van der Waals surface area (Å²) in [4.78, 5) is 26.3. The van der Waals surface area contributed by atoms with Crippen LogP contribution in [0.25, 0.3) is 0 Å². The number of hydrogen-bond acceptors (Lipinski definition) is 2. The van der Waals surface area contributed by atoms with Crippen molar-refractivity contribution >= 4 is 29.1 Å². The molecule has 1 fully saturated rings. The minimum Gasteiger partial charge on any atom is -0.352 e. The van der Waals surface area contributed by atoms with E-state index in [2.05, 4.69) is 5.32 Å². The van der Waals surface area contributed by atoms with E-state index in [4.69, 9.17) is 11.6 Å². The number of anilines is 1. The van der Waals surface area contributed by atoms with Gasteiger partial charge in [-0.1, -0.05) is 35.9 Å². The Bertz CT molecular complexity index is 758. The summed E-state index contributed by atoms with van der Waals surface area (Å²) < 4.78 is 0. The molecule has 1 N–H and O–H groups in total. The van der Waals surface area contributed by atoms with Gasteiger partial charge in [0.25, 0.3) is 0 Å². The molecule has 0 aliphatic carbocycles. The third-order valence-corrected chi connectivity index (χ3v) is 4.44. The van der Waals surface area contributed by atoms with Crippen LogP contribution < -0.4 is 10.2 Å². The molecule has 2 aromatic rings. The number of rotatable bonds is 4. The van der Waals surface area contributed by atoms with Crippen molar-refractivity contribution < 1.29 is 9.59 Å². The molecule has 4 nitrogen and oxygen atoms in total. The Labute approximate surface area is 146 Å². The number of carbonyl (C=O) groups excluding carboxylic acids is 2. The van der Waals surface area contributed by atoms with Crippen LogP contribution in [0, 0.1) is 12.8 Å². The lowest BCUT2D eigenvalue weighted by Gasteiger charge is -2.17. The van der Waals surface area contributed by atoms with Gasteiger partial charge in [-0.05, 0) is 42.3 Å². The number of hydrogen-bond donors (Lipinski definition) is 1. The molecule has 0 spiro atoms. The molecule has 24 heavy (non-hydrogen) atoms. The predicted molar refractivity (Wildman–Crippen MR) is 94.9 cm³/mol. The Kier molecular flexibility index (Phi) is 4.86. The minimum atomic E-state index is -0.315. The molecular weight excluding hydrogens is 324 g/mol. The van der Waals surface area contributed by atoms with Crippen LogP contribution in [0.3, 0.4) is 0 Å². The number of amides is 2. The Hall–Kier alpha value is -2.33. The molecule has 0 aromatic heterocycles. The highest BCUT2D eigenvalue weighted by Crippen LogP contribution is 2.25. The fourth-order valence-electron chi connectivity index (χ4n) is 2.86. The summed E-state index contributed by atoms with van der Waals surface area (Å²) in [6.45, 7) is 2.85. The molecule has 2 amide bonds. The van der Waals surface area contributed by atoms with Crippen molar-refractivity contribution in [1.82, 2.24) is 5.32 Å². The number of benzene rings is 2. The van der Waals surface area contributed by atoms with Crippen molar-refractivity contribution in [2.75, 3.05) is 11.4 Å². The van der Waals surface area contributed by atoms with Gasteiger partial charge < -0.3 is 10.2 Å². The van der Waals surface area contributed by atoms with Gasteiger partial charge in [-0.3, -0.25) is 9.59 Å². The minimum absolute atomic E-state index is 0.00718. The van der Waals surface area contributed by atoms with Crippen LogP contribution in [0.2, 0.25) is 5.02 Å². The van der Waals surface area contributed by atoms with Gasteiger partial charge in [0, 0.05) is 30.2 Å². The SMILES string of the molecule is Cc1cccc(N2C[C@H](C(=O)NCc3ccc(Cl)cc3)CC2=O)c1. The van der Waals surface area contributed by atoms with Crippen LogP contribution in [-0.2, 0) is 16.1 Å². The van der Waals surface area contributed by atoms with Crippen LogP contribution in [0.1, 0.15) is 17.5 Å². The molecule has 124 valence electrons. The summed E-state index contributed by atoms with van der Waals surface area (Å²) in [5.74, 6) is -0.411. The van der Waals surface area contributed by atoms with Crippen molar-refractivity contribution in [3.05, 3.63) is 64.7 Å². The largest absolute Gasteiger partial charge is 0.352 e. The second-order valence-electron chi connectivity index (χ2n) is 6.09. The summed E-state index contributed by atoms with van der Waals surface area (Å²) in [5, 5.41) is 3.57. The summed E-state index contributed by atoms with van der Waals surface area (Å²) >= 11 is 5.85. The maximum absolute atomic E-state index is 12.4. The van der Waals surface area contributed by atoms with Crippen molar-refractivity contribution in [1.29, 1.82) is 0 Å². The third-order valence-electron chi connectivity index (χ3n) is 4.19. The third kappa shape index (κ3) is 3.77. The van der Waals surface area contributed by atoms with Gasteiger partial charge in [-0.2, -0.15) is 0 Å². The number of nitrogens with zero attached hydrogens (tertiary/aromatic N) is 1. The monoisotopic (exact) mass is 342 g/mol. The maximum Gasteiger partial charge on any atom is 0.227 e. The van der Waals surface area contributed by atoms with E-state index in [1.807, 2.05) is 43.3 Å². The van der Waals surface area contributed by atoms with Crippen molar-refractivity contribution in [2.45, 2.75) is 19.9 Å².